The van der Waals surface area contributed by atoms with Crippen LogP contribution in [0.25, 0.3) is 0 Å². The highest BCUT2D eigenvalue weighted by Crippen LogP contribution is 2.36. The Balaban J connectivity index is 2.31. The molecule has 2 heterocycles. The first kappa shape index (κ1) is 15.5. The van der Waals surface area contributed by atoms with Gasteiger partial charge >= 0.3 is 7.12 Å². The minimum atomic E-state index is -0.361. The summed E-state index contributed by atoms with van der Waals surface area (Å²) in [5, 5.41) is 0. The summed E-state index contributed by atoms with van der Waals surface area (Å²) in [4.78, 5) is 4.32. The molecule has 2 rings (SSSR count). The highest BCUT2D eigenvalue weighted by Gasteiger charge is 2.52. The van der Waals surface area contributed by atoms with Gasteiger partial charge in [-0.05, 0) is 59.1 Å². The molecule has 0 aromatic carbocycles. The largest absolute Gasteiger partial charge is 0.496 e. The molecule has 0 spiro atoms. The molecule has 0 amide bonds. The lowest BCUT2D eigenvalue weighted by molar-refractivity contribution is 0.00578. The number of nitrogens with two attached hydrogens (primary N) is 1. The van der Waals surface area contributed by atoms with E-state index >= 15 is 0 Å². The second-order valence-electron chi connectivity index (χ2n) is 6.78. The number of hydrogen-bond donors (Lipinski definition) is 1. The zero-order valence-electron chi connectivity index (χ0n) is 13.4. The molecule has 1 unspecified atom stereocenters. The summed E-state index contributed by atoms with van der Waals surface area (Å²) in [7, 11) is -0.361. The lowest BCUT2D eigenvalue weighted by Gasteiger charge is -2.32. The molecule has 0 aliphatic carbocycles. The van der Waals surface area contributed by atoms with Gasteiger partial charge in [0.15, 0.2) is 0 Å². The average molecular weight is 276 g/mol. The Hall–Kier alpha value is -0.905. The van der Waals surface area contributed by atoms with Gasteiger partial charge < -0.3 is 15.0 Å². The van der Waals surface area contributed by atoms with E-state index in [4.69, 9.17) is 15.0 Å². The third kappa shape index (κ3) is 2.75. The molecule has 0 bridgehead atoms. The van der Waals surface area contributed by atoms with Gasteiger partial charge in [-0.2, -0.15) is 0 Å². The van der Waals surface area contributed by atoms with Crippen LogP contribution in [0.5, 0.6) is 0 Å². The second-order valence-corrected chi connectivity index (χ2v) is 6.78. The topological polar surface area (TPSA) is 57.4 Å². The lowest BCUT2D eigenvalue weighted by Crippen LogP contribution is -2.41. The monoisotopic (exact) mass is 276 g/mol. The summed E-state index contributed by atoms with van der Waals surface area (Å²) in [5.74, 6) is 0. The maximum Gasteiger partial charge on any atom is 0.496 e. The summed E-state index contributed by atoms with van der Waals surface area (Å²) >= 11 is 0. The molecule has 1 atom stereocenters. The van der Waals surface area contributed by atoms with Crippen molar-refractivity contribution in [2.24, 2.45) is 5.73 Å². The number of pyridine rings is 1. The number of nitrogens with zero attached hydrogens (tertiary/aromatic N) is 1. The van der Waals surface area contributed by atoms with Gasteiger partial charge in [-0.15, -0.1) is 0 Å². The molecule has 5 heteroatoms. The molecule has 1 aliphatic rings. The molecular formula is C15H25BN2O2. The summed E-state index contributed by atoms with van der Waals surface area (Å²) in [6.07, 6.45) is 4.53. The standard InChI is InChI=1S/C15H25BN2O2/c1-10(17)7-12-8-18-9-13(11(12)2)16-19-14(3,4)15(5,6)20-16/h8-10H,7,17H2,1-6H3. The summed E-state index contributed by atoms with van der Waals surface area (Å²) in [6, 6.07) is 0.115. The van der Waals surface area contributed by atoms with Crippen LogP contribution in [0, 0.1) is 6.92 Å². The van der Waals surface area contributed by atoms with Crippen molar-refractivity contribution in [2.45, 2.75) is 65.2 Å². The van der Waals surface area contributed by atoms with E-state index in [1.165, 1.54) is 0 Å². The molecule has 20 heavy (non-hydrogen) atoms. The van der Waals surface area contributed by atoms with Gasteiger partial charge in [-0.1, -0.05) is 0 Å². The Kier molecular flexibility index (Phi) is 3.97. The summed E-state index contributed by atoms with van der Waals surface area (Å²) in [6.45, 7) is 12.3. The first-order chi connectivity index (χ1) is 9.14. The second kappa shape index (κ2) is 5.13. The first-order valence-corrected chi connectivity index (χ1v) is 7.18. The van der Waals surface area contributed by atoms with E-state index in [0.29, 0.717) is 0 Å². The number of aromatic nitrogens is 1. The Morgan fingerprint density at radius 1 is 1.20 bits per heavy atom. The molecule has 2 N–H and O–H groups in total. The van der Waals surface area contributed by atoms with Crippen LogP contribution in [0.4, 0.5) is 0 Å². The van der Waals surface area contributed by atoms with Crippen LogP contribution in [-0.4, -0.2) is 29.3 Å². The predicted molar refractivity (Wildman–Crippen MR) is 82.0 cm³/mol. The molecule has 1 aliphatic heterocycles. The zero-order chi connectivity index (χ0) is 15.1. The summed E-state index contributed by atoms with van der Waals surface area (Å²) < 4.78 is 12.2. The molecule has 110 valence electrons. The molecule has 0 radical (unpaired) electrons. The maximum atomic E-state index is 6.10. The molecular weight excluding hydrogens is 251 g/mol. The highest BCUT2D eigenvalue weighted by molar-refractivity contribution is 6.62. The molecule has 1 saturated heterocycles. The third-order valence-corrected chi connectivity index (χ3v) is 4.41. The normalized spacial score (nSPS) is 22.1. The van der Waals surface area contributed by atoms with E-state index in [9.17, 15) is 0 Å². The fourth-order valence-electron chi connectivity index (χ4n) is 2.35. The van der Waals surface area contributed by atoms with E-state index in [-0.39, 0.29) is 24.4 Å². The van der Waals surface area contributed by atoms with Gasteiger partial charge in [0.2, 0.25) is 0 Å². The fourth-order valence-corrected chi connectivity index (χ4v) is 2.35. The van der Waals surface area contributed by atoms with E-state index in [1.54, 1.807) is 0 Å². The minimum absolute atomic E-state index is 0.115. The van der Waals surface area contributed by atoms with Crippen molar-refractivity contribution in [3.63, 3.8) is 0 Å². The predicted octanol–water partition coefficient (Wildman–Crippen LogP) is 1.58. The van der Waals surface area contributed by atoms with Crippen molar-refractivity contribution in [3.8, 4) is 0 Å². The smallest absolute Gasteiger partial charge is 0.399 e. The maximum absolute atomic E-state index is 6.10. The van der Waals surface area contributed by atoms with Crippen LogP contribution in [-0.2, 0) is 15.7 Å². The Morgan fingerprint density at radius 3 is 2.25 bits per heavy atom. The van der Waals surface area contributed by atoms with Gasteiger partial charge in [0.25, 0.3) is 0 Å². The SMILES string of the molecule is Cc1c(CC(C)N)cncc1B1OC(C)(C)C(C)(C)O1. The van der Waals surface area contributed by atoms with Crippen molar-refractivity contribution in [1.29, 1.82) is 0 Å². The van der Waals surface area contributed by atoms with Gasteiger partial charge in [-0.3, -0.25) is 4.98 Å². The highest BCUT2D eigenvalue weighted by atomic mass is 16.7. The molecule has 1 aromatic heterocycles. The van der Waals surface area contributed by atoms with Crippen molar-refractivity contribution < 1.29 is 9.31 Å². The van der Waals surface area contributed by atoms with Crippen LogP contribution in [0.1, 0.15) is 45.7 Å². The molecule has 1 fully saturated rings. The third-order valence-electron chi connectivity index (χ3n) is 4.41. The van der Waals surface area contributed by atoms with Crippen molar-refractivity contribution >= 4 is 12.6 Å². The molecule has 0 saturated carbocycles. The van der Waals surface area contributed by atoms with E-state index in [1.807, 2.05) is 19.3 Å². The van der Waals surface area contributed by atoms with Gasteiger partial charge in [-0.25, -0.2) is 0 Å². The van der Waals surface area contributed by atoms with Crippen molar-refractivity contribution in [2.75, 3.05) is 0 Å². The quantitative estimate of drug-likeness (QED) is 0.852. The van der Waals surface area contributed by atoms with Crippen molar-refractivity contribution in [3.05, 3.63) is 23.5 Å². The van der Waals surface area contributed by atoms with Gasteiger partial charge in [0, 0.05) is 23.9 Å². The zero-order valence-corrected chi connectivity index (χ0v) is 13.4. The minimum Gasteiger partial charge on any atom is -0.399 e. The van der Waals surface area contributed by atoms with Crippen LogP contribution in [0.2, 0.25) is 0 Å². The Bertz CT molecular complexity index is 485. The summed E-state index contributed by atoms with van der Waals surface area (Å²) in [5.41, 5.74) is 8.55. The van der Waals surface area contributed by atoms with Crippen molar-refractivity contribution in [1.82, 2.24) is 4.98 Å². The van der Waals surface area contributed by atoms with Crippen LogP contribution in [0.3, 0.4) is 0 Å². The van der Waals surface area contributed by atoms with Crippen LogP contribution in [0.15, 0.2) is 12.4 Å². The van der Waals surface area contributed by atoms with Crippen LogP contribution < -0.4 is 11.2 Å². The van der Waals surface area contributed by atoms with E-state index < -0.39 is 0 Å². The molecule has 4 nitrogen and oxygen atoms in total. The first-order valence-electron chi connectivity index (χ1n) is 7.18. The van der Waals surface area contributed by atoms with Gasteiger partial charge in [0.05, 0.1) is 11.2 Å². The Labute approximate surface area is 122 Å². The lowest BCUT2D eigenvalue weighted by atomic mass is 9.76. The van der Waals surface area contributed by atoms with E-state index in [2.05, 4.69) is 39.6 Å². The van der Waals surface area contributed by atoms with Crippen LogP contribution >= 0.6 is 0 Å². The Morgan fingerprint density at radius 2 is 1.75 bits per heavy atom. The average Bonchev–Trinajstić information content (AvgIpc) is 2.50. The number of rotatable bonds is 3. The van der Waals surface area contributed by atoms with Gasteiger partial charge in [0.1, 0.15) is 0 Å². The number of hydrogen-bond acceptors (Lipinski definition) is 4. The molecule has 1 aromatic rings. The van der Waals surface area contributed by atoms with E-state index in [0.717, 1.165) is 23.0 Å². The fraction of sp³-hybridized carbons (Fsp3) is 0.667.